The molecule has 0 saturated heterocycles. The molecular weight excluding hydrogens is 288 g/mol. The third-order valence-corrected chi connectivity index (χ3v) is 3.55. The molecule has 3 aromatic rings. The van der Waals surface area contributed by atoms with E-state index in [0.29, 0.717) is 12.5 Å². The highest BCUT2D eigenvalue weighted by molar-refractivity contribution is 5.52. The summed E-state index contributed by atoms with van der Waals surface area (Å²) in [5.74, 6) is 1.45. The summed E-state index contributed by atoms with van der Waals surface area (Å²) in [5.41, 5.74) is 3.04. The lowest BCUT2D eigenvalue weighted by Crippen LogP contribution is -2.10. The first kappa shape index (κ1) is 15.3. The molecule has 0 aliphatic carbocycles. The molecule has 1 N–H and O–H groups in total. The van der Waals surface area contributed by atoms with Crippen molar-refractivity contribution in [2.24, 2.45) is 0 Å². The molecule has 0 atom stereocenters. The first-order chi connectivity index (χ1) is 11.3. The number of likely N-dealkylation sites (N-methyl/N-ethyl adjacent to an activating group) is 1. The number of aromatic nitrogens is 1. The van der Waals surface area contributed by atoms with Crippen LogP contribution in [0.3, 0.4) is 0 Å². The summed E-state index contributed by atoms with van der Waals surface area (Å²) in [6.45, 7) is 1.37. The third-order valence-electron chi connectivity index (χ3n) is 3.55. The van der Waals surface area contributed by atoms with Crippen LogP contribution in [0, 0.1) is 0 Å². The fraction of sp³-hybridized carbons (Fsp3) is 0.211. The molecule has 3 rings (SSSR count). The summed E-state index contributed by atoms with van der Waals surface area (Å²) in [7, 11) is 1.96. The summed E-state index contributed by atoms with van der Waals surface area (Å²) in [6.07, 6.45) is 2.66. The number of hydrogen-bond donors (Lipinski definition) is 1. The van der Waals surface area contributed by atoms with E-state index in [-0.39, 0.29) is 0 Å². The van der Waals surface area contributed by atoms with E-state index in [1.54, 1.807) is 6.26 Å². The average Bonchev–Trinajstić information content (AvgIpc) is 3.09. The van der Waals surface area contributed by atoms with Gasteiger partial charge in [-0.15, -0.1) is 0 Å². The average molecular weight is 308 g/mol. The molecule has 0 aliphatic rings. The van der Waals surface area contributed by atoms with Crippen molar-refractivity contribution in [1.29, 1.82) is 0 Å². The Morgan fingerprint density at radius 1 is 1.04 bits per heavy atom. The lowest BCUT2D eigenvalue weighted by molar-refractivity contribution is 0.301. The highest BCUT2D eigenvalue weighted by Crippen LogP contribution is 2.19. The van der Waals surface area contributed by atoms with E-state index < -0.39 is 0 Å². The molecule has 0 amide bonds. The van der Waals surface area contributed by atoms with Crippen LogP contribution in [-0.4, -0.2) is 18.6 Å². The summed E-state index contributed by atoms with van der Waals surface area (Å²) < 4.78 is 11.3. The normalized spacial score (nSPS) is 10.7. The Hall–Kier alpha value is -2.59. The molecule has 118 valence electrons. The van der Waals surface area contributed by atoms with Gasteiger partial charge in [-0.1, -0.05) is 30.3 Å². The lowest BCUT2D eigenvalue weighted by Gasteiger charge is -2.05. The Morgan fingerprint density at radius 2 is 1.83 bits per heavy atom. The molecule has 23 heavy (non-hydrogen) atoms. The van der Waals surface area contributed by atoms with E-state index >= 15 is 0 Å². The van der Waals surface area contributed by atoms with Crippen molar-refractivity contribution in [1.82, 2.24) is 10.3 Å². The van der Waals surface area contributed by atoms with Crippen LogP contribution in [0.4, 0.5) is 0 Å². The molecule has 0 radical (unpaired) electrons. The minimum Gasteiger partial charge on any atom is -0.487 e. The highest BCUT2D eigenvalue weighted by atomic mass is 16.5. The molecule has 1 aromatic heterocycles. The molecule has 1 heterocycles. The zero-order valence-corrected chi connectivity index (χ0v) is 13.2. The predicted molar refractivity (Wildman–Crippen MR) is 90.3 cm³/mol. The second kappa shape index (κ2) is 7.61. The quantitative estimate of drug-likeness (QED) is 0.723. The highest BCUT2D eigenvalue weighted by Gasteiger charge is 2.06. The molecule has 0 saturated carbocycles. The van der Waals surface area contributed by atoms with Crippen LogP contribution in [0.5, 0.6) is 5.75 Å². The molecule has 0 fully saturated rings. The van der Waals surface area contributed by atoms with Gasteiger partial charge < -0.3 is 14.5 Å². The van der Waals surface area contributed by atoms with Gasteiger partial charge in [0.1, 0.15) is 24.3 Å². The third kappa shape index (κ3) is 4.20. The van der Waals surface area contributed by atoms with Crippen LogP contribution in [0.15, 0.2) is 65.3 Å². The number of oxazole rings is 1. The topological polar surface area (TPSA) is 47.3 Å². The van der Waals surface area contributed by atoms with Gasteiger partial charge in [0.05, 0.1) is 0 Å². The maximum Gasteiger partial charge on any atom is 0.226 e. The lowest BCUT2D eigenvalue weighted by atomic mass is 10.1. The van der Waals surface area contributed by atoms with E-state index in [1.165, 1.54) is 5.56 Å². The minimum absolute atomic E-state index is 0.395. The van der Waals surface area contributed by atoms with Crippen molar-refractivity contribution < 1.29 is 9.15 Å². The van der Waals surface area contributed by atoms with Crippen LogP contribution in [-0.2, 0) is 13.0 Å². The van der Waals surface area contributed by atoms with Gasteiger partial charge in [-0.3, -0.25) is 0 Å². The van der Waals surface area contributed by atoms with E-state index in [0.717, 1.165) is 30.0 Å². The predicted octanol–water partition coefficient (Wildman–Crippen LogP) is 3.68. The number of hydrogen-bond acceptors (Lipinski definition) is 4. The van der Waals surface area contributed by atoms with Crippen molar-refractivity contribution in [3.63, 3.8) is 0 Å². The van der Waals surface area contributed by atoms with Crippen molar-refractivity contribution in [3.8, 4) is 17.2 Å². The summed E-state index contributed by atoms with van der Waals surface area (Å²) >= 11 is 0. The van der Waals surface area contributed by atoms with E-state index in [1.807, 2.05) is 49.5 Å². The van der Waals surface area contributed by atoms with Gasteiger partial charge in [0.15, 0.2) is 0 Å². The van der Waals surface area contributed by atoms with Crippen LogP contribution < -0.4 is 10.1 Å². The van der Waals surface area contributed by atoms with Crippen molar-refractivity contribution in [2.45, 2.75) is 13.0 Å². The molecule has 2 aromatic carbocycles. The Kier molecular flexibility index (Phi) is 5.06. The Labute approximate surface area is 136 Å². The SMILES string of the molecule is CNCCc1ccc(OCc2coc(-c3ccccc3)n2)cc1. The minimum atomic E-state index is 0.395. The maximum atomic E-state index is 5.76. The Bertz CT molecular complexity index is 721. The first-order valence-electron chi connectivity index (χ1n) is 7.71. The van der Waals surface area contributed by atoms with Crippen molar-refractivity contribution in [2.75, 3.05) is 13.6 Å². The Balaban J connectivity index is 1.57. The Morgan fingerprint density at radius 3 is 2.57 bits per heavy atom. The molecule has 0 bridgehead atoms. The molecule has 0 spiro atoms. The molecule has 0 unspecified atom stereocenters. The summed E-state index contributed by atoms with van der Waals surface area (Å²) in [6, 6.07) is 18.0. The maximum absolute atomic E-state index is 5.76. The van der Waals surface area contributed by atoms with E-state index in [4.69, 9.17) is 9.15 Å². The van der Waals surface area contributed by atoms with E-state index in [9.17, 15) is 0 Å². The summed E-state index contributed by atoms with van der Waals surface area (Å²) in [4.78, 5) is 4.45. The largest absolute Gasteiger partial charge is 0.487 e. The number of ether oxygens (including phenoxy) is 1. The second-order valence-corrected chi connectivity index (χ2v) is 5.30. The van der Waals surface area contributed by atoms with E-state index in [2.05, 4.69) is 22.4 Å². The van der Waals surface area contributed by atoms with Crippen LogP contribution in [0.2, 0.25) is 0 Å². The monoisotopic (exact) mass is 308 g/mol. The fourth-order valence-corrected chi connectivity index (χ4v) is 2.27. The first-order valence-corrected chi connectivity index (χ1v) is 7.71. The van der Waals surface area contributed by atoms with Gasteiger partial charge in [0.2, 0.25) is 5.89 Å². The zero-order chi connectivity index (χ0) is 15.9. The number of nitrogens with one attached hydrogen (secondary N) is 1. The number of rotatable bonds is 7. The fourth-order valence-electron chi connectivity index (χ4n) is 2.27. The number of benzene rings is 2. The molecule has 4 heteroatoms. The number of nitrogens with zero attached hydrogens (tertiary/aromatic N) is 1. The van der Waals surface area contributed by atoms with Gasteiger partial charge in [0, 0.05) is 5.56 Å². The van der Waals surface area contributed by atoms with Crippen LogP contribution in [0.1, 0.15) is 11.3 Å². The van der Waals surface area contributed by atoms with Crippen LogP contribution in [0.25, 0.3) is 11.5 Å². The molecule has 0 aliphatic heterocycles. The second-order valence-electron chi connectivity index (χ2n) is 5.30. The standard InChI is InChI=1S/C19H20N2O2/c1-20-12-11-15-7-9-18(10-8-15)22-13-17-14-23-19(21-17)16-5-3-2-4-6-16/h2-10,14,20H,11-13H2,1H3. The summed E-state index contributed by atoms with van der Waals surface area (Å²) in [5, 5.41) is 3.14. The zero-order valence-electron chi connectivity index (χ0n) is 13.2. The van der Waals surface area contributed by atoms with Gasteiger partial charge in [-0.05, 0) is 49.8 Å². The van der Waals surface area contributed by atoms with Crippen molar-refractivity contribution in [3.05, 3.63) is 72.1 Å². The van der Waals surface area contributed by atoms with Gasteiger partial charge in [0.25, 0.3) is 0 Å². The van der Waals surface area contributed by atoms with Crippen molar-refractivity contribution >= 4 is 0 Å². The molecule has 4 nitrogen and oxygen atoms in total. The molecular formula is C19H20N2O2. The van der Waals surface area contributed by atoms with Gasteiger partial charge in [-0.2, -0.15) is 0 Å². The van der Waals surface area contributed by atoms with Crippen LogP contribution >= 0.6 is 0 Å². The van der Waals surface area contributed by atoms with Gasteiger partial charge in [-0.25, -0.2) is 4.98 Å². The smallest absolute Gasteiger partial charge is 0.226 e. The van der Waals surface area contributed by atoms with Gasteiger partial charge >= 0.3 is 0 Å².